The molecule has 11 heteroatoms. The van der Waals surface area contributed by atoms with Crippen molar-refractivity contribution < 1.29 is 38.4 Å². The summed E-state index contributed by atoms with van der Waals surface area (Å²) in [4.78, 5) is 0. The number of allylic oxidation sites excluding steroid dienone is 1. The van der Waals surface area contributed by atoms with Crippen LogP contribution in [0.5, 0.6) is 0 Å². The van der Waals surface area contributed by atoms with E-state index in [4.69, 9.17) is 0 Å². The number of hydrogen-bond acceptors (Lipinski definition) is 3. The van der Waals surface area contributed by atoms with Gasteiger partial charge < -0.3 is 13.7 Å². The first kappa shape index (κ1) is 42.6. The average Bonchev–Trinajstić information content (AvgIpc) is 3.67. The third-order valence-electron chi connectivity index (χ3n) is 8.32. The molecular weight excluding hydrogens is 1200 g/mol. The Balaban J connectivity index is 0.000000662. The summed E-state index contributed by atoms with van der Waals surface area (Å²) >= 11 is 2.01. The van der Waals surface area contributed by atoms with Gasteiger partial charge in [-0.2, -0.15) is 0 Å². The van der Waals surface area contributed by atoms with Crippen molar-refractivity contribution >= 4 is 115 Å². The quantitative estimate of drug-likeness (QED) is 0.112. The Morgan fingerprint density at radius 1 is 0.412 bits per heavy atom. The predicted molar refractivity (Wildman–Crippen MR) is 225 cm³/mol. The van der Waals surface area contributed by atoms with Crippen LogP contribution in [0.2, 0.25) is 0 Å². The first-order valence-electron chi connectivity index (χ1n) is 15.7. The standard InChI is InChI=1S/C37H31O3P3.C3H2.2Bi.2ClH.Zr.H/c38-41(31-19-7-1-8-20-31,32-21-9-2-10-22-32)37(42(39,33-23-11-3-12-24-33)34-25-13-4-14-26-34)43(40,35-27-15-5-16-28-35)36-29-17-6-18-30-36;1-3-2;;;;;;/h1-30,37H;1,3H;;;2*1H;;. The molecule has 51 heavy (non-hydrogen) atoms. The first-order valence-corrected chi connectivity index (χ1v) is 43.3. The van der Waals surface area contributed by atoms with Crippen molar-refractivity contribution in [3.8, 4) is 0 Å². The minimum atomic E-state index is -3.97. The summed E-state index contributed by atoms with van der Waals surface area (Å²) in [5.74, 6) is 0. The zero-order chi connectivity index (χ0) is 34.2. The molecule has 0 atom stereocenters. The molecule has 7 rings (SSSR count). The van der Waals surface area contributed by atoms with E-state index in [-0.39, 0.29) is 61.2 Å². The zero-order valence-corrected chi connectivity index (χ0v) is 41.5. The molecule has 1 aliphatic rings. The molecule has 0 saturated carbocycles. The van der Waals surface area contributed by atoms with Gasteiger partial charge in [-0.15, -0.1) is 24.8 Å². The van der Waals surface area contributed by atoms with Crippen LogP contribution in [0.4, 0.5) is 0 Å². The third-order valence-corrected chi connectivity index (χ3v) is 65.0. The Morgan fingerprint density at radius 3 is 0.765 bits per heavy atom. The van der Waals surface area contributed by atoms with Crippen molar-refractivity contribution in [2.75, 3.05) is 0 Å². The van der Waals surface area contributed by atoms with Crippen LogP contribution in [0.15, 0.2) is 192 Å². The zero-order valence-electron chi connectivity index (χ0n) is 27.4. The molecule has 0 amide bonds. The van der Waals surface area contributed by atoms with Crippen LogP contribution in [-0.4, -0.2) is 42.5 Å². The summed E-state index contributed by atoms with van der Waals surface area (Å²) < 4.78 is 54.1. The van der Waals surface area contributed by atoms with Crippen LogP contribution in [0.25, 0.3) is 0 Å². The van der Waals surface area contributed by atoms with E-state index in [1.165, 1.54) is 0 Å². The van der Waals surface area contributed by atoms with Gasteiger partial charge in [0.05, 0.1) is 0 Å². The van der Waals surface area contributed by atoms with E-state index in [0.717, 1.165) is 0 Å². The van der Waals surface area contributed by atoms with Gasteiger partial charge in [-0.25, -0.2) is 0 Å². The maximum absolute atomic E-state index is 16.6. The van der Waals surface area contributed by atoms with E-state index < -0.39 is 26.6 Å². The fourth-order valence-electron chi connectivity index (χ4n) is 6.09. The van der Waals surface area contributed by atoms with Gasteiger partial charge in [-0.1, -0.05) is 182 Å². The molecule has 0 N–H and O–H groups in total. The Bertz CT molecular complexity index is 1830. The molecule has 0 spiro atoms. The average molecular weight is 1240 g/mol. The molecule has 0 unspecified atom stereocenters. The molecule has 6 aromatic carbocycles. The van der Waals surface area contributed by atoms with Crippen molar-refractivity contribution in [1.29, 1.82) is 0 Å². The topological polar surface area (TPSA) is 51.2 Å². The van der Waals surface area contributed by atoms with Gasteiger partial charge in [0.15, 0.2) is 21.4 Å². The summed E-state index contributed by atoms with van der Waals surface area (Å²) in [7, 11) is -11.9. The Labute approximate surface area is 346 Å². The van der Waals surface area contributed by atoms with E-state index >= 15 is 13.7 Å². The van der Waals surface area contributed by atoms with E-state index in [2.05, 4.69) is 9.86 Å². The number of rotatable bonds is 9. The third kappa shape index (κ3) is 9.22. The fraction of sp³-hybridized carbons (Fsp3) is 0.0250. The SMILES string of the molecule is Cl.Cl.O=P(c1ccccc1)(c1ccccc1)C(P(=O)(c1ccccc1)c1ccccc1)P(=O)(c1ccccc1)c1ccccc1.[Zr][C]1=[Bi][BiH][CH]=C1. The molecule has 0 fully saturated rings. The van der Waals surface area contributed by atoms with Crippen LogP contribution < -0.4 is 31.8 Å². The summed E-state index contributed by atoms with van der Waals surface area (Å²) in [6, 6.07) is 55.2. The molecule has 257 valence electrons. The number of hydrogen-bond donors (Lipinski definition) is 0. The second-order valence-electron chi connectivity index (χ2n) is 11.3. The molecule has 0 aliphatic carbocycles. The molecule has 0 bridgehead atoms. The van der Waals surface area contributed by atoms with Crippen LogP contribution in [-0.2, 0) is 38.4 Å². The Hall–Kier alpha value is -1.15. The molecule has 0 radical (unpaired) electrons. The number of halogens is 2. The van der Waals surface area contributed by atoms with Gasteiger partial charge in [-0.3, -0.25) is 0 Å². The van der Waals surface area contributed by atoms with Crippen LogP contribution in [0.1, 0.15) is 0 Å². The second kappa shape index (κ2) is 20.0. The monoisotopic (exact) mass is 1230 g/mol. The molecule has 1 aliphatic heterocycles. The van der Waals surface area contributed by atoms with Crippen LogP contribution in [0, 0.1) is 0 Å². The minimum absolute atomic E-state index is 0. The van der Waals surface area contributed by atoms with E-state index in [0.29, 0.717) is 31.8 Å². The van der Waals surface area contributed by atoms with Crippen LogP contribution in [0.3, 0.4) is 0 Å². The maximum atomic E-state index is 16.6. The van der Waals surface area contributed by atoms with Gasteiger partial charge in [0.25, 0.3) is 0 Å². The fourth-order valence-corrected chi connectivity index (χ4v) is 53.5. The molecule has 6 aromatic rings. The van der Waals surface area contributed by atoms with Gasteiger partial charge in [0.1, 0.15) is 5.14 Å². The summed E-state index contributed by atoms with van der Waals surface area (Å²) in [6.07, 6.45) is 2.40. The van der Waals surface area contributed by atoms with E-state index in [1.54, 1.807) is 24.7 Å². The van der Waals surface area contributed by atoms with Crippen molar-refractivity contribution in [3.05, 3.63) is 192 Å². The number of benzene rings is 6. The summed E-state index contributed by atoms with van der Waals surface area (Å²) in [5, 5.41) is 1.80. The summed E-state index contributed by atoms with van der Waals surface area (Å²) in [5.41, 5.74) is 0. The van der Waals surface area contributed by atoms with E-state index in [1.807, 2.05) is 183 Å². The molecule has 0 aromatic heterocycles. The molecular formula is C40H36Bi2Cl2O3P3Zr. The normalized spacial score (nSPS) is 12.4. The van der Waals surface area contributed by atoms with Gasteiger partial charge >= 0.3 is 71.9 Å². The van der Waals surface area contributed by atoms with E-state index in [9.17, 15) is 0 Å². The Kier molecular flexibility index (Phi) is 16.7. The summed E-state index contributed by atoms with van der Waals surface area (Å²) in [6.45, 7) is 0. The second-order valence-corrected chi connectivity index (χ2v) is 48.1. The van der Waals surface area contributed by atoms with Gasteiger partial charge in [0.2, 0.25) is 0 Å². The van der Waals surface area contributed by atoms with Crippen molar-refractivity contribution in [3.63, 3.8) is 0 Å². The Morgan fingerprint density at radius 2 is 0.627 bits per heavy atom. The van der Waals surface area contributed by atoms with Crippen molar-refractivity contribution in [2.24, 2.45) is 0 Å². The predicted octanol–water partition coefficient (Wildman–Crippen LogP) is 7.40. The molecule has 1 heterocycles. The van der Waals surface area contributed by atoms with Crippen molar-refractivity contribution in [1.82, 2.24) is 0 Å². The van der Waals surface area contributed by atoms with Crippen molar-refractivity contribution in [2.45, 2.75) is 5.14 Å². The van der Waals surface area contributed by atoms with Gasteiger partial charge in [-0.05, 0) is 0 Å². The molecule has 3 nitrogen and oxygen atoms in total. The first-order chi connectivity index (χ1) is 23.9. The molecule has 0 saturated heterocycles. The van der Waals surface area contributed by atoms with Gasteiger partial charge in [0, 0.05) is 31.8 Å². The van der Waals surface area contributed by atoms with Crippen LogP contribution >= 0.6 is 46.2 Å².